The first kappa shape index (κ1) is 17.5. The molecule has 0 saturated heterocycles. The van der Waals surface area contributed by atoms with E-state index in [2.05, 4.69) is 5.32 Å². The Labute approximate surface area is 128 Å². The largest absolute Gasteiger partial charge is 0.481 e. The average Bonchev–Trinajstić information content (AvgIpc) is 2.40. The number of thioether (sulfide) groups is 1. The number of benzene rings is 1. The van der Waals surface area contributed by atoms with Crippen LogP contribution in [-0.4, -0.2) is 28.8 Å². The highest BCUT2D eigenvalue weighted by atomic mass is 32.2. The second kappa shape index (κ2) is 9.39. The van der Waals surface area contributed by atoms with Crippen LogP contribution >= 0.6 is 11.8 Å². The van der Waals surface area contributed by atoms with E-state index in [1.807, 2.05) is 6.92 Å². The zero-order valence-electron chi connectivity index (χ0n) is 12.0. The molecule has 0 saturated carbocycles. The van der Waals surface area contributed by atoms with Gasteiger partial charge in [-0.2, -0.15) is 0 Å². The van der Waals surface area contributed by atoms with Crippen molar-refractivity contribution in [2.75, 3.05) is 5.75 Å². The number of aliphatic carboxylic acids is 1. The van der Waals surface area contributed by atoms with Crippen LogP contribution in [0.5, 0.6) is 0 Å². The Morgan fingerprint density at radius 3 is 2.71 bits per heavy atom. The fourth-order valence-electron chi connectivity index (χ4n) is 1.79. The number of rotatable bonds is 9. The summed E-state index contributed by atoms with van der Waals surface area (Å²) < 4.78 is 13.4. The molecule has 0 aliphatic carbocycles. The summed E-state index contributed by atoms with van der Waals surface area (Å²) >= 11 is 1.31. The summed E-state index contributed by atoms with van der Waals surface area (Å²) in [6.45, 7) is 1.85. The molecule has 1 aromatic rings. The van der Waals surface area contributed by atoms with Crippen LogP contribution < -0.4 is 5.32 Å². The predicted molar refractivity (Wildman–Crippen MR) is 80.8 cm³/mol. The third kappa shape index (κ3) is 7.70. The first-order valence-corrected chi connectivity index (χ1v) is 7.86. The lowest BCUT2D eigenvalue weighted by atomic mass is 10.1. The minimum absolute atomic E-state index is 0.0460. The summed E-state index contributed by atoms with van der Waals surface area (Å²) in [5, 5.41) is 11.3. The Morgan fingerprint density at radius 2 is 2.05 bits per heavy atom. The summed E-state index contributed by atoms with van der Waals surface area (Å²) in [7, 11) is 0. The van der Waals surface area contributed by atoms with E-state index in [9.17, 15) is 14.0 Å². The van der Waals surface area contributed by atoms with Gasteiger partial charge in [-0.1, -0.05) is 12.1 Å². The molecule has 6 heteroatoms. The quantitative estimate of drug-likeness (QED) is 0.688. The van der Waals surface area contributed by atoms with Crippen LogP contribution in [0.15, 0.2) is 29.2 Å². The highest BCUT2D eigenvalue weighted by Crippen LogP contribution is 2.21. The van der Waals surface area contributed by atoms with E-state index in [0.717, 1.165) is 0 Å². The molecule has 2 N–H and O–H groups in total. The third-order valence-corrected chi connectivity index (χ3v) is 3.91. The van der Waals surface area contributed by atoms with Crippen molar-refractivity contribution < 1.29 is 19.1 Å². The number of carboxylic acids is 1. The Bertz CT molecular complexity index is 482. The molecule has 1 amide bonds. The van der Waals surface area contributed by atoms with E-state index in [4.69, 9.17) is 5.11 Å². The van der Waals surface area contributed by atoms with Crippen molar-refractivity contribution >= 4 is 23.6 Å². The van der Waals surface area contributed by atoms with Crippen molar-refractivity contribution in [3.8, 4) is 0 Å². The maximum Gasteiger partial charge on any atom is 0.303 e. The topological polar surface area (TPSA) is 66.4 Å². The number of carbonyl (C=O) groups excluding carboxylic acids is 1. The SMILES string of the molecule is CC(CCCC(=O)O)NC(=O)CCSc1ccccc1F. The molecule has 0 aromatic heterocycles. The van der Waals surface area contributed by atoms with Gasteiger partial charge in [0.15, 0.2) is 0 Å². The average molecular weight is 313 g/mol. The molecular weight excluding hydrogens is 293 g/mol. The number of halogens is 1. The third-order valence-electron chi connectivity index (χ3n) is 2.86. The molecular formula is C15H20FNO3S. The van der Waals surface area contributed by atoms with E-state index in [1.165, 1.54) is 17.8 Å². The number of nitrogens with one attached hydrogen (secondary N) is 1. The lowest BCUT2D eigenvalue weighted by molar-refractivity contribution is -0.137. The zero-order valence-corrected chi connectivity index (χ0v) is 12.8. The minimum atomic E-state index is -0.824. The second-order valence-electron chi connectivity index (χ2n) is 4.78. The minimum Gasteiger partial charge on any atom is -0.481 e. The van der Waals surface area contributed by atoms with Gasteiger partial charge in [-0.05, 0) is 31.9 Å². The molecule has 0 radical (unpaired) electrons. The Morgan fingerprint density at radius 1 is 1.33 bits per heavy atom. The number of carboxylic acid groups (broad SMARTS) is 1. The molecule has 0 spiro atoms. The lowest BCUT2D eigenvalue weighted by Crippen LogP contribution is -2.32. The number of carbonyl (C=O) groups is 2. The Balaban J connectivity index is 2.19. The number of amides is 1. The molecule has 0 aliphatic heterocycles. The van der Waals surface area contributed by atoms with Gasteiger partial charge in [0.25, 0.3) is 0 Å². The maximum atomic E-state index is 13.4. The summed E-state index contributed by atoms with van der Waals surface area (Å²) in [5.41, 5.74) is 0. The Kier molecular flexibility index (Phi) is 7.82. The first-order chi connectivity index (χ1) is 9.99. The molecule has 1 aromatic carbocycles. The van der Waals surface area contributed by atoms with E-state index < -0.39 is 5.97 Å². The normalized spacial score (nSPS) is 11.9. The highest BCUT2D eigenvalue weighted by Gasteiger charge is 2.09. The fourth-order valence-corrected chi connectivity index (χ4v) is 2.68. The summed E-state index contributed by atoms with van der Waals surface area (Å²) in [6.07, 6.45) is 1.60. The van der Waals surface area contributed by atoms with Crippen LogP contribution in [-0.2, 0) is 9.59 Å². The molecule has 21 heavy (non-hydrogen) atoms. The number of hydrogen-bond donors (Lipinski definition) is 2. The van der Waals surface area contributed by atoms with Crippen molar-refractivity contribution in [1.82, 2.24) is 5.32 Å². The van der Waals surface area contributed by atoms with Crippen LogP contribution in [0.25, 0.3) is 0 Å². The molecule has 0 aliphatic rings. The smallest absolute Gasteiger partial charge is 0.303 e. The molecule has 1 rings (SSSR count). The molecule has 1 atom stereocenters. The Hall–Kier alpha value is -1.56. The van der Waals surface area contributed by atoms with Gasteiger partial charge in [-0.3, -0.25) is 9.59 Å². The standard InChI is InChI=1S/C15H20FNO3S/c1-11(5-4-8-15(19)20)17-14(18)9-10-21-13-7-3-2-6-12(13)16/h2-3,6-7,11H,4-5,8-10H2,1H3,(H,17,18)(H,19,20). The summed E-state index contributed by atoms with van der Waals surface area (Å²) in [4.78, 5) is 22.6. The van der Waals surface area contributed by atoms with Gasteiger partial charge in [0, 0.05) is 29.5 Å². The van der Waals surface area contributed by atoms with Crippen LogP contribution in [0, 0.1) is 5.82 Å². The van der Waals surface area contributed by atoms with Gasteiger partial charge in [0.05, 0.1) is 0 Å². The summed E-state index contributed by atoms with van der Waals surface area (Å²) in [5.74, 6) is -0.685. The van der Waals surface area contributed by atoms with Crippen LogP contribution in [0.3, 0.4) is 0 Å². The lowest BCUT2D eigenvalue weighted by Gasteiger charge is -2.13. The van der Waals surface area contributed by atoms with E-state index in [-0.39, 0.29) is 24.2 Å². The molecule has 4 nitrogen and oxygen atoms in total. The zero-order chi connectivity index (χ0) is 15.7. The molecule has 0 bridgehead atoms. The number of hydrogen-bond acceptors (Lipinski definition) is 3. The van der Waals surface area contributed by atoms with Crippen LogP contribution in [0.4, 0.5) is 4.39 Å². The van der Waals surface area contributed by atoms with Gasteiger partial charge >= 0.3 is 5.97 Å². The monoisotopic (exact) mass is 313 g/mol. The van der Waals surface area contributed by atoms with E-state index in [1.54, 1.807) is 18.2 Å². The predicted octanol–water partition coefficient (Wildman–Crippen LogP) is 3.07. The van der Waals surface area contributed by atoms with Gasteiger partial charge in [-0.25, -0.2) is 4.39 Å². The van der Waals surface area contributed by atoms with Gasteiger partial charge in [0.2, 0.25) is 5.91 Å². The molecule has 116 valence electrons. The van der Waals surface area contributed by atoms with Crippen LogP contribution in [0.1, 0.15) is 32.6 Å². The van der Waals surface area contributed by atoms with Crippen molar-refractivity contribution in [3.05, 3.63) is 30.1 Å². The van der Waals surface area contributed by atoms with E-state index in [0.29, 0.717) is 29.9 Å². The van der Waals surface area contributed by atoms with Crippen molar-refractivity contribution in [2.45, 2.75) is 43.5 Å². The molecule has 0 fully saturated rings. The highest BCUT2D eigenvalue weighted by molar-refractivity contribution is 7.99. The second-order valence-corrected chi connectivity index (χ2v) is 5.92. The summed E-state index contributed by atoms with van der Waals surface area (Å²) in [6, 6.07) is 6.43. The van der Waals surface area contributed by atoms with Crippen LogP contribution in [0.2, 0.25) is 0 Å². The van der Waals surface area contributed by atoms with Crippen molar-refractivity contribution in [1.29, 1.82) is 0 Å². The van der Waals surface area contributed by atoms with Crippen molar-refractivity contribution in [3.63, 3.8) is 0 Å². The molecule has 0 heterocycles. The van der Waals surface area contributed by atoms with Crippen molar-refractivity contribution in [2.24, 2.45) is 0 Å². The van der Waals surface area contributed by atoms with Gasteiger partial charge in [-0.15, -0.1) is 11.8 Å². The molecule has 1 unspecified atom stereocenters. The van der Waals surface area contributed by atoms with E-state index >= 15 is 0 Å². The fraction of sp³-hybridized carbons (Fsp3) is 0.467. The van der Waals surface area contributed by atoms with Gasteiger partial charge in [0.1, 0.15) is 5.82 Å². The first-order valence-electron chi connectivity index (χ1n) is 6.87. The maximum absolute atomic E-state index is 13.4. The van der Waals surface area contributed by atoms with Gasteiger partial charge < -0.3 is 10.4 Å².